The molecule has 0 atom stereocenters. The molecule has 10 nitrogen and oxygen atoms in total. The van der Waals surface area contributed by atoms with Crippen molar-refractivity contribution in [3.8, 4) is 0 Å². The van der Waals surface area contributed by atoms with Crippen molar-refractivity contribution in [2.45, 2.75) is 45.6 Å². The Morgan fingerprint density at radius 1 is 1.33 bits per heavy atom. The summed E-state index contributed by atoms with van der Waals surface area (Å²) in [6, 6.07) is -1.05. The number of hydrogen-bond donors (Lipinski definition) is 5. The molecule has 7 N–H and O–H groups in total. The van der Waals surface area contributed by atoms with Gasteiger partial charge in [-0.25, -0.2) is 22.9 Å². The average Bonchev–Trinajstić information content (AvgIpc) is 3.00. The molecule has 2 amide bonds. The molecule has 1 aliphatic heterocycles. The highest BCUT2D eigenvalue weighted by Gasteiger charge is 2.32. The van der Waals surface area contributed by atoms with Gasteiger partial charge in [-0.3, -0.25) is 10.3 Å². The summed E-state index contributed by atoms with van der Waals surface area (Å²) < 4.78 is 32.3. The number of allylic oxidation sites excluding steroid dienone is 1. The maximum absolute atomic E-state index is 12.5. The van der Waals surface area contributed by atoms with Crippen LogP contribution in [0, 0.1) is 0 Å². The number of sulfonamides is 1. The number of carbonyl (C=O) groups excluding carboxylic acids is 1. The Balaban J connectivity index is 2.16. The van der Waals surface area contributed by atoms with E-state index in [0.717, 1.165) is 31.0 Å². The Hall–Kier alpha value is -2.56. The first-order valence-corrected chi connectivity index (χ1v) is 10.3. The van der Waals surface area contributed by atoms with E-state index in [0.29, 0.717) is 25.3 Å². The van der Waals surface area contributed by atoms with Crippen LogP contribution in [-0.4, -0.2) is 45.4 Å². The maximum Gasteiger partial charge on any atom is 0.383 e. The summed E-state index contributed by atoms with van der Waals surface area (Å²) in [5, 5.41) is 2.50. The molecule has 0 aromatic rings. The van der Waals surface area contributed by atoms with Gasteiger partial charge in [0.1, 0.15) is 19.0 Å². The van der Waals surface area contributed by atoms with Crippen molar-refractivity contribution in [1.82, 2.24) is 10.0 Å². The Bertz CT molecular complexity index is 811. The number of nitrogens with two attached hydrogens (primary N) is 2. The van der Waals surface area contributed by atoms with E-state index in [-0.39, 0.29) is 22.7 Å². The fourth-order valence-electron chi connectivity index (χ4n) is 2.74. The minimum Gasteiger partial charge on any atom is -0.443 e. The van der Waals surface area contributed by atoms with Crippen molar-refractivity contribution >= 4 is 27.8 Å². The lowest BCUT2D eigenvalue weighted by Gasteiger charge is -2.15. The molecule has 1 aliphatic carbocycles. The molecule has 0 aromatic heterocycles. The van der Waals surface area contributed by atoms with Crippen LogP contribution in [0.2, 0.25) is 0 Å². The minimum absolute atomic E-state index is 0.0165. The third-order valence-electron chi connectivity index (χ3n) is 3.91. The smallest absolute Gasteiger partial charge is 0.383 e. The van der Waals surface area contributed by atoms with E-state index >= 15 is 0 Å². The summed E-state index contributed by atoms with van der Waals surface area (Å²) in [7, 11) is -4.24. The van der Waals surface area contributed by atoms with Gasteiger partial charge in [0.25, 0.3) is 10.0 Å². The number of nitrogens with zero attached hydrogens (tertiary/aromatic N) is 1. The van der Waals surface area contributed by atoms with Gasteiger partial charge < -0.3 is 16.2 Å². The van der Waals surface area contributed by atoms with Crippen molar-refractivity contribution < 1.29 is 22.9 Å². The molecule has 2 aliphatic rings. The number of urea groups is 1. The van der Waals surface area contributed by atoms with Gasteiger partial charge in [0.2, 0.25) is 4.91 Å². The molecule has 0 radical (unpaired) electrons. The van der Waals surface area contributed by atoms with E-state index < -0.39 is 16.1 Å². The Morgan fingerprint density at radius 3 is 2.59 bits per heavy atom. The third kappa shape index (κ3) is 5.46. The van der Waals surface area contributed by atoms with Gasteiger partial charge in [0.05, 0.1) is 0 Å². The fraction of sp³-hybridized carbons (Fsp3) is 0.562. The number of nitrogens with one attached hydrogen (secondary N) is 3. The number of hydrogen-bond acceptors (Lipinski definition) is 7. The molecular formula is C16H27N6O4S+. The maximum atomic E-state index is 12.5. The van der Waals surface area contributed by atoms with Gasteiger partial charge in [0.15, 0.2) is 0 Å². The topological polar surface area (TPSA) is 163 Å². The molecule has 150 valence electrons. The van der Waals surface area contributed by atoms with Crippen LogP contribution < -0.4 is 26.5 Å². The Kier molecular flexibility index (Phi) is 6.83. The van der Waals surface area contributed by atoms with Crippen LogP contribution in [0.25, 0.3) is 0 Å². The highest BCUT2D eigenvalue weighted by atomic mass is 32.2. The molecule has 1 heterocycles. The first-order valence-electron chi connectivity index (χ1n) is 8.80. The summed E-state index contributed by atoms with van der Waals surface area (Å²) >= 11 is 0. The Morgan fingerprint density at radius 2 is 2.07 bits per heavy atom. The SMILES string of the molecule is CC(C)N=C(NC(=O)NS(=O)(=O)C(=CN)C1=[NH+]CCCO1)C1=C(N)CCC1. The van der Waals surface area contributed by atoms with Gasteiger partial charge in [-0.05, 0) is 33.1 Å². The zero-order valence-electron chi connectivity index (χ0n) is 15.5. The van der Waals surface area contributed by atoms with Crippen molar-refractivity contribution in [2.75, 3.05) is 13.2 Å². The number of rotatable bonds is 5. The number of carbonyl (C=O) groups is 1. The second-order valence-electron chi connectivity index (χ2n) is 6.48. The summed E-state index contributed by atoms with van der Waals surface area (Å²) in [6.07, 6.45) is 3.87. The fourth-order valence-corrected chi connectivity index (χ4v) is 3.70. The summed E-state index contributed by atoms with van der Waals surface area (Å²) in [4.78, 5) is 19.2. The normalized spacial score (nSPS) is 19.0. The van der Waals surface area contributed by atoms with E-state index in [2.05, 4.69) is 15.3 Å². The third-order valence-corrected chi connectivity index (χ3v) is 5.27. The number of amides is 2. The van der Waals surface area contributed by atoms with Crippen LogP contribution in [0.3, 0.4) is 0 Å². The van der Waals surface area contributed by atoms with E-state index in [1.807, 2.05) is 18.6 Å². The number of ether oxygens (including phenoxy) is 1. The molecule has 0 aromatic carbocycles. The molecule has 0 spiro atoms. The van der Waals surface area contributed by atoms with Crippen molar-refractivity contribution in [1.29, 1.82) is 0 Å². The van der Waals surface area contributed by atoms with E-state index in [1.54, 1.807) is 0 Å². The van der Waals surface area contributed by atoms with E-state index in [9.17, 15) is 13.2 Å². The molecule has 0 saturated heterocycles. The standard InChI is InChI=1S/C16H26N6O4S/c1-10(2)20-14(11-5-3-6-12(11)18)21-16(23)22-27(24,25)13(9-17)15-19-7-4-8-26-15/h9-10H,3-8,17-18H2,1-2H3,(H2,20,21,22,23)/p+1. The van der Waals surface area contributed by atoms with Crippen molar-refractivity contribution in [2.24, 2.45) is 16.5 Å². The zero-order chi connectivity index (χ0) is 20.0. The summed E-state index contributed by atoms with van der Waals surface area (Å²) in [6.45, 7) is 4.60. The predicted molar refractivity (Wildman–Crippen MR) is 102 cm³/mol. The molecule has 0 bridgehead atoms. The molecule has 27 heavy (non-hydrogen) atoms. The van der Waals surface area contributed by atoms with Crippen molar-refractivity contribution in [3.05, 3.63) is 22.4 Å². The lowest BCUT2D eigenvalue weighted by atomic mass is 10.2. The molecule has 2 rings (SSSR count). The van der Waals surface area contributed by atoms with E-state index in [1.165, 1.54) is 0 Å². The lowest BCUT2D eigenvalue weighted by Crippen LogP contribution is -2.76. The van der Waals surface area contributed by atoms with Crippen LogP contribution in [-0.2, 0) is 14.8 Å². The summed E-state index contributed by atoms with van der Waals surface area (Å²) in [5.41, 5.74) is 12.8. The van der Waals surface area contributed by atoms with Crippen LogP contribution in [0.4, 0.5) is 4.79 Å². The highest BCUT2D eigenvalue weighted by molar-refractivity contribution is 7.94. The number of aliphatic imine (C=N–C) groups is 1. The van der Waals surface area contributed by atoms with Crippen LogP contribution in [0.15, 0.2) is 27.4 Å². The first-order chi connectivity index (χ1) is 12.7. The van der Waals surface area contributed by atoms with Crippen molar-refractivity contribution in [3.63, 3.8) is 0 Å². The van der Waals surface area contributed by atoms with Gasteiger partial charge in [-0.2, -0.15) is 0 Å². The highest BCUT2D eigenvalue weighted by Crippen LogP contribution is 2.23. The molecule has 0 unspecified atom stereocenters. The van der Waals surface area contributed by atoms with Crippen LogP contribution in [0.5, 0.6) is 0 Å². The second kappa shape index (κ2) is 8.89. The second-order valence-corrected chi connectivity index (χ2v) is 8.13. The molecule has 0 saturated carbocycles. The van der Waals surface area contributed by atoms with Gasteiger partial charge in [-0.15, -0.1) is 0 Å². The predicted octanol–water partition coefficient (Wildman–Crippen LogP) is -1.48. The zero-order valence-corrected chi connectivity index (χ0v) is 16.4. The quantitative estimate of drug-likeness (QED) is 0.279. The largest absolute Gasteiger partial charge is 0.443 e. The van der Waals surface area contributed by atoms with Crippen LogP contribution in [0.1, 0.15) is 39.5 Å². The lowest BCUT2D eigenvalue weighted by molar-refractivity contribution is -0.476. The van der Waals surface area contributed by atoms with Gasteiger partial charge in [0, 0.05) is 29.9 Å². The van der Waals surface area contributed by atoms with Gasteiger partial charge in [-0.1, -0.05) is 0 Å². The molecular weight excluding hydrogens is 372 g/mol. The number of amidine groups is 1. The van der Waals surface area contributed by atoms with E-state index in [4.69, 9.17) is 16.2 Å². The van der Waals surface area contributed by atoms with Gasteiger partial charge >= 0.3 is 11.9 Å². The average molecular weight is 399 g/mol. The first kappa shape index (κ1) is 20.7. The summed E-state index contributed by atoms with van der Waals surface area (Å²) in [5.74, 6) is 0.300. The molecule has 0 fully saturated rings. The monoisotopic (exact) mass is 399 g/mol. The molecule has 11 heteroatoms. The van der Waals surface area contributed by atoms with Crippen LogP contribution >= 0.6 is 0 Å². The minimum atomic E-state index is -4.24. The Labute approximate surface area is 158 Å².